The summed E-state index contributed by atoms with van der Waals surface area (Å²) >= 11 is 0. The van der Waals surface area contributed by atoms with Gasteiger partial charge in [0.05, 0.1) is 13.2 Å². The molecule has 1 aromatic rings. The Morgan fingerprint density at radius 3 is 2.41 bits per heavy atom. The minimum absolute atomic E-state index is 0.000459. The van der Waals surface area contributed by atoms with Crippen LogP contribution in [-0.2, 0) is 11.3 Å². The number of urea groups is 1. The largest absolute Gasteiger partial charge is 0.454 e. The molecule has 0 aromatic heterocycles. The molecule has 0 bridgehead atoms. The number of ether oxygens (including phenoxy) is 3. The summed E-state index contributed by atoms with van der Waals surface area (Å²) in [5.74, 6) is 1.51. The molecule has 27 heavy (non-hydrogen) atoms. The minimum Gasteiger partial charge on any atom is -0.454 e. The van der Waals surface area contributed by atoms with Gasteiger partial charge in [-0.3, -0.25) is 9.80 Å². The van der Waals surface area contributed by atoms with Crippen molar-refractivity contribution in [3.05, 3.63) is 23.8 Å². The SMILES string of the molecule is O=C(NCc1ccc2c(c1)OCO2)N1CCN(CCN2CCOCC2)CC1. The van der Waals surface area contributed by atoms with Gasteiger partial charge in [0.25, 0.3) is 0 Å². The fraction of sp³-hybridized carbons (Fsp3) is 0.632. The van der Waals surface area contributed by atoms with Crippen LogP contribution in [0.4, 0.5) is 4.79 Å². The second-order valence-electron chi connectivity index (χ2n) is 7.13. The van der Waals surface area contributed by atoms with Crippen LogP contribution in [0.25, 0.3) is 0 Å². The molecule has 2 saturated heterocycles. The van der Waals surface area contributed by atoms with Gasteiger partial charge < -0.3 is 24.4 Å². The predicted molar refractivity (Wildman–Crippen MR) is 100 cm³/mol. The van der Waals surface area contributed by atoms with Crippen LogP contribution < -0.4 is 14.8 Å². The molecule has 1 aromatic carbocycles. The van der Waals surface area contributed by atoms with Crippen LogP contribution in [0.3, 0.4) is 0 Å². The van der Waals surface area contributed by atoms with Crippen LogP contribution in [0.1, 0.15) is 5.56 Å². The maximum Gasteiger partial charge on any atom is 0.317 e. The predicted octanol–water partition coefficient (Wildman–Crippen LogP) is 0.575. The third-order valence-corrected chi connectivity index (χ3v) is 5.38. The van der Waals surface area contributed by atoms with E-state index in [0.29, 0.717) is 6.54 Å². The zero-order chi connectivity index (χ0) is 18.5. The van der Waals surface area contributed by atoms with E-state index >= 15 is 0 Å². The van der Waals surface area contributed by atoms with Crippen LogP contribution in [0.2, 0.25) is 0 Å². The highest BCUT2D eigenvalue weighted by molar-refractivity contribution is 5.74. The lowest BCUT2D eigenvalue weighted by molar-refractivity contribution is 0.0309. The molecule has 0 aliphatic carbocycles. The van der Waals surface area contributed by atoms with E-state index in [-0.39, 0.29) is 12.8 Å². The Morgan fingerprint density at radius 2 is 1.63 bits per heavy atom. The molecule has 3 aliphatic rings. The molecule has 2 amide bonds. The number of rotatable bonds is 5. The summed E-state index contributed by atoms with van der Waals surface area (Å²) in [7, 11) is 0. The molecule has 8 nitrogen and oxygen atoms in total. The van der Waals surface area contributed by atoms with E-state index in [2.05, 4.69) is 15.1 Å². The van der Waals surface area contributed by atoms with E-state index in [0.717, 1.165) is 82.6 Å². The Labute approximate surface area is 159 Å². The zero-order valence-electron chi connectivity index (χ0n) is 15.7. The Hall–Kier alpha value is -2.03. The van der Waals surface area contributed by atoms with E-state index in [4.69, 9.17) is 14.2 Å². The Bertz CT molecular complexity index is 643. The van der Waals surface area contributed by atoms with E-state index in [1.165, 1.54) is 0 Å². The van der Waals surface area contributed by atoms with E-state index < -0.39 is 0 Å². The first kappa shape index (κ1) is 18.3. The summed E-state index contributed by atoms with van der Waals surface area (Å²) in [6.07, 6.45) is 0. The molecule has 3 heterocycles. The second-order valence-corrected chi connectivity index (χ2v) is 7.13. The Balaban J connectivity index is 1.16. The van der Waals surface area contributed by atoms with Crippen LogP contribution >= 0.6 is 0 Å². The molecule has 0 saturated carbocycles. The summed E-state index contributed by atoms with van der Waals surface area (Å²) in [5.41, 5.74) is 1.01. The molecule has 0 spiro atoms. The zero-order valence-corrected chi connectivity index (χ0v) is 15.7. The maximum absolute atomic E-state index is 12.4. The average molecular weight is 376 g/mol. The van der Waals surface area contributed by atoms with Crippen molar-refractivity contribution in [3.8, 4) is 11.5 Å². The number of morpholine rings is 1. The average Bonchev–Trinajstić information content (AvgIpc) is 3.19. The highest BCUT2D eigenvalue weighted by atomic mass is 16.7. The number of hydrogen-bond acceptors (Lipinski definition) is 6. The van der Waals surface area contributed by atoms with Crippen LogP contribution in [0, 0.1) is 0 Å². The molecule has 1 N–H and O–H groups in total. The number of carbonyl (C=O) groups excluding carboxylic acids is 1. The Morgan fingerprint density at radius 1 is 0.926 bits per heavy atom. The molecule has 4 rings (SSSR count). The number of piperazine rings is 1. The second kappa shape index (κ2) is 8.77. The topological polar surface area (TPSA) is 66.5 Å². The monoisotopic (exact) mass is 376 g/mol. The van der Waals surface area contributed by atoms with Gasteiger partial charge in [-0.2, -0.15) is 0 Å². The molecule has 8 heteroatoms. The van der Waals surface area contributed by atoms with Gasteiger partial charge in [-0.25, -0.2) is 4.79 Å². The number of fused-ring (bicyclic) bond motifs is 1. The number of benzene rings is 1. The molecular weight excluding hydrogens is 348 g/mol. The van der Waals surface area contributed by atoms with Gasteiger partial charge in [0, 0.05) is 58.9 Å². The third-order valence-electron chi connectivity index (χ3n) is 5.38. The molecule has 2 fully saturated rings. The standard InChI is InChI=1S/C19H28N4O4/c24-19(20-14-16-1-2-17-18(13-16)27-15-26-17)23-7-5-21(6-8-23)3-4-22-9-11-25-12-10-22/h1-2,13H,3-12,14-15H2,(H,20,24). The van der Waals surface area contributed by atoms with Crippen LogP contribution in [0.15, 0.2) is 18.2 Å². The number of carbonyl (C=O) groups is 1. The number of hydrogen-bond donors (Lipinski definition) is 1. The lowest BCUT2D eigenvalue weighted by Crippen LogP contribution is -2.53. The normalized spacial score (nSPS) is 20.7. The van der Waals surface area contributed by atoms with Crippen molar-refractivity contribution < 1.29 is 19.0 Å². The maximum atomic E-state index is 12.4. The summed E-state index contributed by atoms with van der Waals surface area (Å²) in [6, 6.07) is 5.76. The van der Waals surface area contributed by atoms with Crippen LogP contribution in [-0.4, -0.2) is 93.1 Å². The molecule has 0 radical (unpaired) electrons. The minimum atomic E-state index is 0.000459. The number of amides is 2. The van der Waals surface area contributed by atoms with Crippen molar-refractivity contribution in [1.29, 1.82) is 0 Å². The quantitative estimate of drug-likeness (QED) is 0.811. The van der Waals surface area contributed by atoms with Crippen molar-refractivity contribution in [3.63, 3.8) is 0 Å². The van der Waals surface area contributed by atoms with E-state index in [1.54, 1.807) is 0 Å². The first-order valence-corrected chi connectivity index (χ1v) is 9.72. The molecule has 0 atom stereocenters. The number of nitrogens with one attached hydrogen (secondary N) is 1. The summed E-state index contributed by atoms with van der Waals surface area (Å²) in [6.45, 7) is 10.1. The van der Waals surface area contributed by atoms with Crippen molar-refractivity contribution in [2.24, 2.45) is 0 Å². The van der Waals surface area contributed by atoms with Gasteiger partial charge in [0.1, 0.15) is 0 Å². The fourth-order valence-electron chi connectivity index (χ4n) is 3.62. The van der Waals surface area contributed by atoms with Gasteiger partial charge in [-0.05, 0) is 17.7 Å². The number of nitrogens with zero attached hydrogens (tertiary/aromatic N) is 3. The van der Waals surface area contributed by atoms with Gasteiger partial charge in [0.2, 0.25) is 6.79 Å². The van der Waals surface area contributed by atoms with E-state index in [9.17, 15) is 4.79 Å². The lowest BCUT2D eigenvalue weighted by Gasteiger charge is -2.36. The summed E-state index contributed by atoms with van der Waals surface area (Å²) in [4.78, 5) is 19.2. The highest BCUT2D eigenvalue weighted by Gasteiger charge is 2.22. The van der Waals surface area contributed by atoms with Crippen molar-refractivity contribution in [2.45, 2.75) is 6.54 Å². The van der Waals surface area contributed by atoms with Crippen molar-refractivity contribution in [2.75, 3.05) is 72.4 Å². The van der Waals surface area contributed by atoms with Crippen LogP contribution in [0.5, 0.6) is 11.5 Å². The Kier molecular flexibility index (Phi) is 5.96. The molecule has 148 valence electrons. The van der Waals surface area contributed by atoms with Crippen molar-refractivity contribution in [1.82, 2.24) is 20.0 Å². The van der Waals surface area contributed by atoms with Gasteiger partial charge in [-0.1, -0.05) is 6.07 Å². The molecular formula is C19H28N4O4. The van der Waals surface area contributed by atoms with Crippen molar-refractivity contribution >= 4 is 6.03 Å². The highest BCUT2D eigenvalue weighted by Crippen LogP contribution is 2.32. The first-order chi connectivity index (χ1) is 13.3. The third kappa shape index (κ3) is 4.82. The molecule has 3 aliphatic heterocycles. The fourth-order valence-corrected chi connectivity index (χ4v) is 3.62. The van der Waals surface area contributed by atoms with Gasteiger partial charge in [-0.15, -0.1) is 0 Å². The lowest BCUT2D eigenvalue weighted by atomic mass is 10.2. The summed E-state index contributed by atoms with van der Waals surface area (Å²) < 4.78 is 16.1. The molecule has 0 unspecified atom stereocenters. The first-order valence-electron chi connectivity index (χ1n) is 9.72. The summed E-state index contributed by atoms with van der Waals surface area (Å²) in [5, 5.41) is 3.01. The van der Waals surface area contributed by atoms with E-state index in [1.807, 2.05) is 23.1 Å². The van der Waals surface area contributed by atoms with Gasteiger partial charge in [0.15, 0.2) is 11.5 Å². The smallest absolute Gasteiger partial charge is 0.317 e. The van der Waals surface area contributed by atoms with Gasteiger partial charge >= 0.3 is 6.03 Å².